The maximum Gasteiger partial charge on any atom is 0.145 e. The second-order valence-electron chi connectivity index (χ2n) is 6.35. The molecule has 1 aromatic heterocycles. The highest BCUT2D eigenvalue weighted by atomic mass is 35.5. The quantitative estimate of drug-likeness (QED) is 0.876. The van der Waals surface area contributed by atoms with Gasteiger partial charge in [-0.15, -0.1) is 0 Å². The molecule has 4 rings (SSSR count). The van der Waals surface area contributed by atoms with Crippen molar-refractivity contribution in [3.8, 4) is 0 Å². The van der Waals surface area contributed by atoms with Gasteiger partial charge in [-0.1, -0.05) is 28.9 Å². The Kier molecular flexibility index (Phi) is 3.99. The van der Waals surface area contributed by atoms with Crippen molar-refractivity contribution in [2.24, 2.45) is 5.16 Å². The molecule has 2 aliphatic rings. The molecule has 1 saturated heterocycles. The lowest BCUT2D eigenvalue weighted by atomic mass is 10.00. The molecule has 0 amide bonds. The third kappa shape index (κ3) is 3.02. The molecule has 24 heavy (non-hydrogen) atoms. The first-order chi connectivity index (χ1) is 11.6. The lowest BCUT2D eigenvalue weighted by Crippen LogP contribution is -2.35. The van der Waals surface area contributed by atoms with Gasteiger partial charge in [0, 0.05) is 31.1 Å². The summed E-state index contributed by atoms with van der Waals surface area (Å²) in [5.74, 6) is 0. The van der Waals surface area contributed by atoms with Crippen LogP contribution in [0.3, 0.4) is 0 Å². The highest BCUT2D eigenvalue weighted by Gasteiger charge is 2.41. The largest absolute Gasteiger partial charge is 0.390 e. The van der Waals surface area contributed by atoms with Gasteiger partial charge >= 0.3 is 0 Å². The van der Waals surface area contributed by atoms with Crippen LogP contribution in [0.2, 0.25) is 5.02 Å². The van der Waals surface area contributed by atoms with Crippen LogP contribution >= 0.6 is 11.6 Å². The number of likely N-dealkylation sites (tertiary alicyclic amines) is 1. The fourth-order valence-electron chi connectivity index (χ4n) is 3.29. The lowest BCUT2D eigenvalue weighted by Gasteiger charge is -2.22. The van der Waals surface area contributed by atoms with Crippen LogP contribution in [0.4, 0.5) is 0 Å². The number of aromatic nitrogens is 3. The first-order valence-corrected chi connectivity index (χ1v) is 8.30. The summed E-state index contributed by atoms with van der Waals surface area (Å²) in [4.78, 5) is 7.75. The molecule has 126 valence electrons. The molecule has 2 aromatic rings. The van der Waals surface area contributed by atoms with E-state index in [9.17, 15) is 5.11 Å². The van der Waals surface area contributed by atoms with Crippen LogP contribution in [0.5, 0.6) is 0 Å². The van der Waals surface area contributed by atoms with Crippen LogP contribution in [0.15, 0.2) is 35.6 Å². The Balaban J connectivity index is 1.34. The van der Waals surface area contributed by atoms with Gasteiger partial charge in [0.2, 0.25) is 0 Å². The fourth-order valence-corrected chi connectivity index (χ4v) is 3.41. The number of hydrogen-bond donors (Lipinski definition) is 2. The van der Waals surface area contributed by atoms with Crippen LogP contribution in [-0.4, -0.2) is 56.9 Å². The van der Waals surface area contributed by atoms with Crippen LogP contribution < -0.4 is 0 Å². The number of H-pyrrole nitrogens is 1. The van der Waals surface area contributed by atoms with Gasteiger partial charge in [0.15, 0.2) is 0 Å². The molecule has 0 saturated carbocycles. The molecule has 0 spiro atoms. The zero-order valence-electron chi connectivity index (χ0n) is 13.0. The van der Waals surface area contributed by atoms with E-state index in [1.54, 1.807) is 6.20 Å². The van der Waals surface area contributed by atoms with Crippen molar-refractivity contribution in [1.29, 1.82) is 0 Å². The molecule has 2 aliphatic heterocycles. The fraction of sp³-hybridized carbons (Fsp3) is 0.438. The highest BCUT2D eigenvalue weighted by Crippen LogP contribution is 2.31. The number of nitrogens with zero attached hydrogens (tertiary/aromatic N) is 4. The minimum atomic E-state index is -0.939. The van der Waals surface area contributed by atoms with Gasteiger partial charge in [0.25, 0.3) is 0 Å². The summed E-state index contributed by atoms with van der Waals surface area (Å²) in [5, 5.41) is 26.0. The molecule has 0 aliphatic carbocycles. The van der Waals surface area contributed by atoms with Gasteiger partial charge in [0.1, 0.15) is 17.4 Å². The van der Waals surface area contributed by atoms with Gasteiger partial charge in [-0.25, -0.2) is 0 Å². The molecule has 3 heterocycles. The normalized spacial score (nSPS) is 27.2. The molecule has 2 N–H and O–H groups in total. The zero-order chi connectivity index (χ0) is 16.6. The molecule has 1 aromatic carbocycles. The van der Waals surface area contributed by atoms with E-state index in [1.165, 1.54) is 0 Å². The molecular formula is C16H18ClN5O2. The number of halogens is 1. The zero-order valence-corrected chi connectivity index (χ0v) is 13.8. The summed E-state index contributed by atoms with van der Waals surface area (Å²) in [5.41, 5.74) is 1.62. The van der Waals surface area contributed by atoms with E-state index in [2.05, 4.69) is 25.5 Å². The predicted octanol–water partition coefficient (Wildman–Crippen LogP) is 1.54. The number of rotatable bonds is 4. The Labute approximate surface area is 144 Å². The number of β-amino-alcohol motifs (C(OH)–C–C–N with tert-alkyl or cyclic N) is 1. The second-order valence-corrected chi connectivity index (χ2v) is 6.78. The lowest BCUT2D eigenvalue weighted by molar-refractivity contribution is 0.0248. The second kappa shape index (κ2) is 6.16. The molecule has 7 nitrogen and oxygen atoms in total. The van der Waals surface area contributed by atoms with Crippen LogP contribution in [-0.2, 0) is 10.4 Å². The van der Waals surface area contributed by atoms with E-state index in [4.69, 9.17) is 16.4 Å². The summed E-state index contributed by atoms with van der Waals surface area (Å²) in [6.45, 7) is 2.04. The number of nitrogens with one attached hydrogen (secondary N) is 1. The average molecular weight is 348 g/mol. The van der Waals surface area contributed by atoms with Gasteiger partial charge in [0.05, 0.1) is 11.9 Å². The topological polar surface area (TPSA) is 86.6 Å². The van der Waals surface area contributed by atoms with Gasteiger partial charge in [-0.05, 0) is 24.1 Å². The molecule has 0 bridgehead atoms. The Bertz CT molecular complexity index is 733. The monoisotopic (exact) mass is 347 g/mol. The van der Waals surface area contributed by atoms with Gasteiger partial charge in [-0.2, -0.15) is 15.4 Å². The first kappa shape index (κ1) is 15.6. The molecule has 0 radical (unpaired) electrons. The summed E-state index contributed by atoms with van der Waals surface area (Å²) in [7, 11) is 0. The Morgan fingerprint density at radius 1 is 1.38 bits per heavy atom. The van der Waals surface area contributed by atoms with E-state index < -0.39 is 5.60 Å². The maximum absolute atomic E-state index is 10.7. The van der Waals surface area contributed by atoms with Gasteiger partial charge < -0.3 is 9.94 Å². The van der Waals surface area contributed by atoms with Crippen molar-refractivity contribution < 1.29 is 9.94 Å². The van der Waals surface area contributed by atoms with E-state index in [0.717, 1.165) is 30.8 Å². The number of oxime groups is 1. The summed E-state index contributed by atoms with van der Waals surface area (Å²) >= 11 is 5.92. The highest BCUT2D eigenvalue weighted by molar-refractivity contribution is 6.30. The molecule has 2 atom stereocenters. The Morgan fingerprint density at radius 3 is 2.96 bits per heavy atom. The summed E-state index contributed by atoms with van der Waals surface area (Å²) < 4.78 is 0. The number of aliphatic hydroxyl groups is 1. The molecule has 8 heteroatoms. The minimum absolute atomic E-state index is 0.00432. The van der Waals surface area contributed by atoms with Crippen LogP contribution in [0.25, 0.3) is 0 Å². The smallest absolute Gasteiger partial charge is 0.145 e. The van der Waals surface area contributed by atoms with Crippen molar-refractivity contribution in [3.63, 3.8) is 0 Å². The number of aromatic amines is 1. The number of hydrogen-bond acceptors (Lipinski definition) is 6. The van der Waals surface area contributed by atoms with Crippen molar-refractivity contribution in [2.75, 3.05) is 19.6 Å². The maximum atomic E-state index is 10.7. The average Bonchev–Trinajstić information content (AvgIpc) is 3.30. The van der Waals surface area contributed by atoms with Crippen LogP contribution in [0.1, 0.15) is 24.1 Å². The molecule has 2 unspecified atom stereocenters. The van der Waals surface area contributed by atoms with Crippen molar-refractivity contribution in [3.05, 3.63) is 46.7 Å². The Hall–Kier alpha value is -1.96. The summed E-state index contributed by atoms with van der Waals surface area (Å²) in [6.07, 6.45) is 2.96. The third-order valence-electron chi connectivity index (χ3n) is 4.59. The van der Waals surface area contributed by atoms with Crippen molar-refractivity contribution in [1.82, 2.24) is 20.3 Å². The van der Waals surface area contributed by atoms with E-state index in [1.807, 2.05) is 24.3 Å². The Morgan fingerprint density at radius 2 is 2.21 bits per heavy atom. The van der Waals surface area contributed by atoms with Crippen molar-refractivity contribution >= 4 is 17.3 Å². The molecule has 1 fully saturated rings. The van der Waals surface area contributed by atoms with E-state index in [0.29, 0.717) is 23.7 Å². The standard InChI is InChI=1S/C16H18ClN5O2/c17-12-3-1-11(2-4-12)14-7-13(24-20-14)9-22-6-5-16(23,10-22)15-8-18-21-19-15/h1-4,8,13,23H,5-7,9-10H2,(H,18,19,21). The van der Waals surface area contributed by atoms with Crippen LogP contribution in [0, 0.1) is 0 Å². The SMILES string of the molecule is OC1(c2cn[nH]n2)CCN(CC2CC(c3ccc(Cl)cc3)=NO2)C1. The number of benzene rings is 1. The molecular weight excluding hydrogens is 330 g/mol. The predicted molar refractivity (Wildman–Crippen MR) is 88.8 cm³/mol. The van der Waals surface area contributed by atoms with E-state index in [-0.39, 0.29) is 6.10 Å². The van der Waals surface area contributed by atoms with E-state index >= 15 is 0 Å². The summed E-state index contributed by atoms with van der Waals surface area (Å²) in [6, 6.07) is 7.61. The third-order valence-corrected chi connectivity index (χ3v) is 4.84. The van der Waals surface area contributed by atoms with Crippen molar-refractivity contribution in [2.45, 2.75) is 24.5 Å². The van der Waals surface area contributed by atoms with Gasteiger partial charge in [-0.3, -0.25) is 4.90 Å². The minimum Gasteiger partial charge on any atom is -0.390 e. The first-order valence-electron chi connectivity index (χ1n) is 7.92.